The topological polar surface area (TPSA) is 79.5 Å². The maximum Gasteiger partial charge on any atom is 0.408 e. The summed E-state index contributed by atoms with van der Waals surface area (Å²) in [6.07, 6.45) is 2.94. The average Bonchev–Trinajstić information content (AvgIpc) is 3.56. The number of unbranched alkanes of at least 4 members (excludes halogenated alkanes) is 1. The van der Waals surface area contributed by atoms with E-state index >= 15 is 0 Å². The van der Waals surface area contributed by atoms with E-state index in [-0.39, 0.29) is 5.91 Å². The Bertz CT molecular complexity index is 880. The molecule has 178 valence electrons. The van der Waals surface area contributed by atoms with Crippen LogP contribution in [0.1, 0.15) is 63.5 Å². The van der Waals surface area contributed by atoms with Gasteiger partial charge in [0.25, 0.3) is 0 Å². The first-order valence-electron chi connectivity index (χ1n) is 11.9. The van der Waals surface area contributed by atoms with E-state index in [1.54, 1.807) is 0 Å². The number of nitrogens with one attached hydrogen (secondary N) is 3. The van der Waals surface area contributed by atoms with Gasteiger partial charge in [0.2, 0.25) is 5.91 Å². The molecule has 2 aromatic rings. The molecule has 33 heavy (non-hydrogen) atoms. The molecule has 1 fully saturated rings. The monoisotopic (exact) mass is 451 g/mol. The summed E-state index contributed by atoms with van der Waals surface area (Å²) in [4.78, 5) is 25.1. The van der Waals surface area contributed by atoms with Crippen LogP contribution in [-0.2, 0) is 16.1 Å². The third-order valence-corrected chi connectivity index (χ3v) is 5.66. The van der Waals surface area contributed by atoms with Crippen LogP contribution in [0, 0.1) is 0 Å². The zero-order valence-electron chi connectivity index (χ0n) is 20.0. The molecule has 0 spiro atoms. The van der Waals surface area contributed by atoms with E-state index in [1.807, 2.05) is 57.2 Å². The molecule has 2 aromatic carbocycles. The van der Waals surface area contributed by atoms with Crippen molar-refractivity contribution in [2.24, 2.45) is 0 Å². The van der Waals surface area contributed by atoms with E-state index in [0.29, 0.717) is 24.9 Å². The molecule has 1 saturated carbocycles. The molecular formula is C27H37N3O3. The van der Waals surface area contributed by atoms with Crippen molar-refractivity contribution < 1.29 is 14.3 Å². The molecule has 0 saturated heterocycles. The average molecular weight is 452 g/mol. The Kier molecular flexibility index (Phi) is 8.89. The van der Waals surface area contributed by atoms with Gasteiger partial charge in [-0.25, -0.2) is 4.79 Å². The normalized spacial score (nSPS) is 18.3. The predicted octanol–water partition coefficient (Wildman–Crippen LogP) is 4.51. The Hall–Kier alpha value is -2.86. The van der Waals surface area contributed by atoms with Gasteiger partial charge in [-0.15, -0.1) is 0 Å². The molecule has 6 heteroatoms. The Morgan fingerprint density at radius 3 is 2.33 bits per heavy atom. The van der Waals surface area contributed by atoms with Crippen molar-refractivity contribution in [2.45, 2.75) is 76.6 Å². The summed E-state index contributed by atoms with van der Waals surface area (Å²) in [6, 6.07) is 20.3. The first kappa shape index (κ1) is 24.8. The molecule has 3 rings (SSSR count). The fraction of sp³-hybridized carbons (Fsp3) is 0.481. The van der Waals surface area contributed by atoms with Gasteiger partial charge < -0.3 is 20.7 Å². The lowest BCUT2D eigenvalue weighted by Gasteiger charge is -2.23. The second kappa shape index (κ2) is 11.8. The molecule has 0 aliphatic heterocycles. The predicted molar refractivity (Wildman–Crippen MR) is 131 cm³/mol. The lowest BCUT2D eigenvalue weighted by Crippen LogP contribution is -2.48. The number of benzene rings is 2. The van der Waals surface area contributed by atoms with Gasteiger partial charge in [0, 0.05) is 18.5 Å². The zero-order chi connectivity index (χ0) is 23.7. The highest BCUT2D eigenvalue weighted by Gasteiger charge is 2.37. The van der Waals surface area contributed by atoms with Gasteiger partial charge in [-0.2, -0.15) is 0 Å². The number of rotatable bonds is 11. The smallest absolute Gasteiger partial charge is 0.408 e. The van der Waals surface area contributed by atoms with Crippen molar-refractivity contribution in [3.63, 3.8) is 0 Å². The first-order chi connectivity index (χ1) is 15.8. The van der Waals surface area contributed by atoms with Gasteiger partial charge in [0.1, 0.15) is 11.6 Å². The summed E-state index contributed by atoms with van der Waals surface area (Å²) < 4.78 is 5.36. The number of alkyl carbamates (subject to hydrolysis) is 1. The third-order valence-electron chi connectivity index (χ3n) is 5.66. The highest BCUT2D eigenvalue weighted by atomic mass is 16.6. The third kappa shape index (κ3) is 8.89. The van der Waals surface area contributed by atoms with Crippen LogP contribution >= 0.6 is 0 Å². The summed E-state index contributed by atoms with van der Waals surface area (Å²) in [5.74, 6) is 0.417. The second-order valence-corrected chi connectivity index (χ2v) is 9.71. The number of ether oxygens (including phenoxy) is 1. The fourth-order valence-corrected chi connectivity index (χ4v) is 3.88. The van der Waals surface area contributed by atoms with Crippen molar-refractivity contribution in [2.75, 3.05) is 6.54 Å². The lowest BCUT2D eigenvalue weighted by molar-refractivity contribution is -0.123. The Morgan fingerprint density at radius 2 is 1.67 bits per heavy atom. The molecule has 1 aliphatic rings. The number of hydrogen-bond donors (Lipinski definition) is 3. The van der Waals surface area contributed by atoms with E-state index in [0.717, 1.165) is 24.9 Å². The fourth-order valence-electron chi connectivity index (χ4n) is 3.88. The van der Waals surface area contributed by atoms with Crippen molar-refractivity contribution in [1.29, 1.82) is 0 Å². The molecule has 2 amide bonds. The van der Waals surface area contributed by atoms with Crippen LogP contribution < -0.4 is 16.0 Å². The molecular weight excluding hydrogens is 414 g/mol. The van der Waals surface area contributed by atoms with Crippen LogP contribution in [0.5, 0.6) is 0 Å². The van der Waals surface area contributed by atoms with Crippen molar-refractivity contribution in [1.82, 2.24) is 16.0 Å². The summed E-state index contributed by atoms with van der Waals surface area (Å²) in [7, 11) is 0. The lowest BCUT2D eigenvalue weighted by atomic mass is 10.1. The van der Waals surface area contributed by atoms with Gasteiger partial charge in [-0.3, -0.25) is 4.79 Å². The molecule has 0 bridgehead atoms. The molecule has 6 nitrogen and oxygen atoms in total. The van der Waals surface area contributed by atoms with Gasteiger partial charge in [0.15, 0.2) is 0 Å². The number of amides is 2. The van der Waals surface area contributed by atoms with E-state index in [1.165, 1.54) is 12.0 Å². The standard InChI is InChI=1S/C27H37N3O3/c1-27(2,3)33-26(32)30-23(25(31)29-19-20-12-6-4-7-13-20)16-10-11-17-28-24-18-22(24)21-14-8-5-9-15-21/h4-9,12-15,22-24,28H,10-11,16-19H2,1-3H3,(H,29,31)(H,30,32). The molecule has 0 heterocycles. The van der Waals surface area contributed by atoms with Crippen LogP contribution in [0.4, 0.5) is 4.79 Å². The van der Waals surface area contributed by atoms with Gasteiger partial charge in [-0.05, 0) is 64.1 Å². The van der Waals surface area contributed by atoms with E-state index in [9.17, 15) is 9.59 Å². The maximum atomic E-state index is 12.8. The van der Waals surface area contributed by atoms with Crippen LogP contribution in [0.3, 0.4) is 0 Å². The minimum atomic E-state index is -0.624. The summed E-state index contributed by atoms with van der Waals surface area (Å²) in [6.45, 7) is 6.75. The first-order valence-corrected chi connectivity index (χ1v) is 11.9. The molecule has 0 radical (unpaired) electrons. The highest BCUT2D eigenvalue weighted by Crippen LogP contribution is 2.40. The molecule has 1 aliphatic carbocycles. The number of carbonyl (C=O) groups is 2. The Balaban J connectivity index is 1.42. The Morgan fingerprint density at radius 1 is 1.00 bits per heavy atom. The number of hydrogen-bond acceptors (Lipinski definition) is 4. The van der Waals surface area contributed by atoms with E-state index < -0.39 is 17.7 Å². The van der Waals surface area contributed by atoms with Crippen LogP contribution in [-0.4, -0.2) is 36.2 Å². The van der Waals surface area contributed by atoms with E-state index in [4.69, 9.17) is 4.74 Å². The highest BCUT2D eigenvalue weighted by molar-refractivity contribution is 5.85. The van der Waals surface area contributed by atoms with Gasteiger partial charge in [0.05, 0.1) is 0 Å². The molecule has 3 atom stereocenters. The van der Waals surface area contributed by atoms with Gasteiger partial charge >= 0.3 is 6.09 Å². The summed E-state index contributed by atoms with van der Waals surface area (Å²) in [5, 5.41) is 9.31. The van der Waals surface area contributed by atoms with Crippen LogP contribution in [0.25, 0.3) is 0 Å². The van der Waals surface area contributed by atoms with Crippen molar-refractivity contribution in [3.05, 3.63) is 71.8 Å². The van der Waals surface area contributed by atoms with Crippen LogP contribution in [0.2, 0.25) is 0 Å². The second-order valence-electron chi connectivity index (χ2n) is 9.71. The SMILES string of the molecule is CC(C)(C)OC(=O)NC(CCCCNC1CC1c1ccccc1)C(=O)NCc1ccccc1. The largest absolute Gasteiger partial charge is 0.444 e. The molecule has 0 aromatic heterocycles. The summed E-state index contributed by atoms with van der Waals surface area (Å²) in [5.41, 5.74) is 1.80. The Labute approximate surface area is 197 Å². The molecule has 3 unspecified atom stereocenters. The quantitative estimate of drug-likeness (QED) is 0.439. The van der Waals surface area contributed by atoms with Crippen LogP contribution in [0.15, 0.2) is 60.7 Å². The van der Waals surface area contributed by atoms with Crippen molar-refractivity contribution >= 4 is 12.0 Å². The number of carbonyl (C=O) groups excluding carboxylic acids is 2. The van der Waals surface area contributed by atoms with Crippen molar-refractivity contribution in [3.8, 4) is 0 Å². The zero-order valence-corrected chi connectivity index (χ0v) is 20.0. The molecule has 3 N–H and O–H groups in total. The summed E-state index contributed by atoms with van der Waals surface area (Å²) >= 11 is 0. The maximum absolute atomic E-state index is 12.8. The van der Waals surface area contributed by atoms with Gasteiger partial charge in [-0.1, -0.05) is 60.7 Å². The minimum absolute atomic E-state index is 0.191. The van der Waals surface area contributed by atoms with E-state index in [2.05, 4.69) is 40.2 Å². The minimum Gasteiger partial charge on any atom is -0.444 e.